The molecule has 1 heterocycles. The van der Waals surface area contributed by atoms with Crippen LogP contribution in [0.3, 0.4) is 0 Å². The average molecular weight is 193 g/mol. The summed E-state index contributed by atoms with van der Waals surface area (Å²) in [7, 11) is 3.41. The molecule has 4 nitrogen and oxygen atoms in total. The van der Waals surface area contributed by atoms with E-state index in [2.05, 4.69) is 4.98 Å². The maximum absolute atomic E-state index is 11.5. The van der Waals surface area contributed by atoms with Gasteiger partial charge in [0.05, 0.1) is 0 Å². The van der Waals surface area contributed by atoms with E-state index >= 15 is 0 Å². The number of nitrogens with zero attached hydrogens (tertiary/aromatic N) is 2. The number of hydrogen-bond donors (Lipinski definition) is 1. The van der Waals surface area contributed by atoms with Crippen molar-refractivity contribution < 1.29 is 4.79 Å². The van der Waals surface area contributed by atoms with Gasteiger partial charge in [-0.15, -0.1) is 0 Å². The number of aromatic nitrogens is 1. The van der Waals surface area contributed by atoms with E-state index in [-0.39, 0.29) is 5.91 Å². The van der Waals surface area contributed by atoms with Gasteiger partial charge in [-0.25, -0.2) is 4.98 Å². The Labute approximate surface area is 83.7 Å². The second-order valence-corrected chi connectivity index (χ2v) is 3.34. The van der Waals surface area contributed by atoms with E-state index in [4.69, 9.17) is 5.73 Å². The summed E-state index contributed by atoms with van der Waals surface area (Å²) in [6.45, 7) is 2.31. The Kier molecular flexibility index (Phi) is 3.19. The average Bonchev–Trinajstić information content (AvgIpc) is 2.16. The molecular weight excluding hydrogens is 178 g/mol. The summed E-state index contributed by atoms with van der Waals surface area (Å²) in [5.74, 6) is -0.0864. The van der Waals surface area contributed by atoms with Gasteiger partial charge >= 0.3 is 0 Å². The van der Waals surface area contributed by atoms with Gasteiger partial charge in [0.1, 0.15) is 5.69 Å². The van der Waals surface area contributed by atoms with Crippen LogP contribution in [-0.4, -0.2) is 29.9 Å². The van der Waals surface area contributed by atoms with Crippen molar-refractivity contribution in [3.8, 4) is 0 Å². The molecular formula is C10H15N3O. The molecule has 0 fully saturated rings. The lowest BCUT2D eigenvalue weighted by atomic mass is 10.2. The van der Waals surface area contributed by atoms with Crippen molar-refractivity contribution in [2.24, 2.45) is 5.73 Å². The monoisotopic (exact) mass is 193 g/mol. The van der Waals surface area contributed by atoms with Crippen molar-refractivity contribution in [3.05, 3.63) is 29.1 Å². The Morgan fingerprint density at radius 3 is 2.57 bits per heavy atom. The van der Waals surface area contributed by atoms with Gasteiger partial charge in [-0.05, 0) is 18.6 Å². The van der Waals surface area contributed by atoms with Crippen LogP contribution in [0, 0.1) is 6.92 Å². The highest BCUT2D eigenvalue weighted by molar-refractivity contribution is 5.91. The molecule has 14 heavy (non-hydrogen) atoms. The lowest BCUT2D eigenvalue weighted by Crippen LogP contribution is -2.23. The highest BCUT2D eigenvalue weighted by Gasteiger charge is 2.10. The molecule has 0 spiro atoms. The van der Waals surface area contributed by atoms with Crippen LogP contribution >= 0.6 is 0 Å². The van der Waals surface area contributed by atoms with Crippen LogP contribution < -0.4 is 5.73 Å². The van der Waals surface area contributed by atoms with E-state index in [1.54, 1.807) is 20.2 Å². The van der Waals surface area contributed by atoms with E-state index in [0.29, 0.717) is 12.2 Å². The third-order valence-corrected chi connectivity index (χ3v) is 2.04. The van der Waals surface area contributed by atoms with Crippen molar-refractivity contribution in [2.45, 2.75) is 13.5 Å². The third-order valence-electron chi connectivity index (χ3n) is 2.04. The number of carbonyl (C=O) groups excluding carboxylic acids is 1. The van der Waals surface area contributed by atoms with Crippen LogP contribution in [-0.2, 0) is 6.54 Å². The molecule has 0 aromatic carbocycles. The summed E-state index contributed by atoms with van der Waals surface area (Å²) in [4.78, 5) is 17.2. The van der Waals surface area contributed by atoms with Crippen LogP contribution in [0.5, 0.6) is 0 Å². The fourth-order valence-corrected chi connectivity index (χ4v) is 1.15. The number of pyridine rings is 1. The molecule has 1 rings (SSSR count). The van der Waals surface area contributed by atoms with Crippen LogP contribution in [0.15, 0.2) is 12.1 Å². The molecule has 0 atom stereocenters. The second kappa shape index (κ2) is 4.19. The number of hydrogen-bond acceptors (Lipinski definition) is 3. The summed E-state index contributed by atoms with van der Waals surface area (Å²) in [5, 5.41) is 0. The van der Waals surface area contributed by atoms with Gasteiger partial charge in [-0.3, -0.25) is 4.79 Å². The zero-order chi connectivity index (χ0) is 10.7. The lowest BCUT2D eigenvalue weighted by Gasteiger charge is -2.10. The minimum Gasteiger partial charge on any atom is -0.343 e. The van der Waals surface area contributed by atoms with Crippen molar-refractivity contribution >= 4 is 5.91 Å². The largest absolute Gasteiger partial charge is 0.343 e. The lowest BCUT2D eigenvalue weighted by molar-refractivity contribution is 0.0821. The van der Waals surface area contributed by atoms with Gasteiger partial charge in [0.25, 0.3) is 5.91 Å². The predicted octanol–water partition coefficient (Wildman–Crippen LogP) is 0.551. The van der Waals surface area contributed by atoms with E-state index in [1.165, 1.54) is 4.90 Å². The Hall–Kier alpha value is -1.42. The zero-order valence-electron chi connectivity index (χ0n) is 8.74. The van der Waals surface area contributed by atoms with Crippen LogP contribution in [0.25, 0.3) is 0 Å². The summed E-state index contributed by atoms with van der Waals surface area (Å²) in [5.41, 5.74) is 7.76. The van der Waals surface area contributed by atoms with E-state index in [9.17, 15) is 4.79 Å². The SMILES string of the molecule is Cc1nc(C(=O)N(C)C)ccc1CN. The van der Waals surface area contributed by atoms with Crippen molar-refractivity contribution in [2.75, 3.05) is 14.1 Å². The molecule has 0 saturated heterocycles. The molecule has 1 amide bonds. The number of aryl methyl sites for hydroxylation is 1. The van der Waals surface area contributed by atoms with Gasteiger partial charge in [0.2, 0.25) is 0 Å². The predicted molar refractivity (Wildman–Crippen MR) is 54.9 cm³/mol. The number of rotatable bonds is 2. The Morgan fingerprint density at radius 2 is 2.14 bits per heavy atom. The Morgan fingerprint density at radius 1 is 1.50 bits per heavy atom. The normalized spacial score (nSPS) is 10.0. The molecule has 1 aromatic heterocycles. The molecule has 0 bridgehead atoms. The fraction of sp³-hybridized carbons (Fsp3) is 0.400. The van der Waals surface area contributed by atoms with Crippen LogP contribution in [0.2, 0.25) is 0 Å². The molecule has 0 aliphatic carbocycles. The number of amides is 1. The Bertz CT molecular complexity index is 347. The highest BCUT2D eigenvalue weighted by Crippen LogP contribution is 2.07. The second-order valence-electron chi connectivity index (χ2n) is 3.34. The summed E-state index contributed by atoms with van der Waals surface area (Å²) in [6.07, 6.45) is 0. The fourth-order valence-electron chi connectivity index (χ4n) is 1.15. The number of carbonyl (C=O) groups is 1. The van der Waals surface area contributed by atoms with Gasteiger partial charge in [0, 0.05) is 26.3 Å². The molecule has 0 aliphatic heterocycles. The first kappa shape index (κ1) is 10.7. The maximum atomic E-state index is 11.5. The summed E-state index contributed by atoms with van der Waals surface area (Å²) >= 11 is 0. The maximum Gasteiger partial charge on any atom is 0.271 e. The first-order chi connectivity index (χ1) is 6.56. The standard InChI is InChI=1S/C10H15N3O/c1-7-8(6-11)4-5-9(12-7)10(14)13(2)3/h4-5H,6,11H2,1-3H3. The molecule has 4 heteroatoms. The van der Waals surface area contributed by atoms with E-state index in [0.717, 1.165) is 11.3 Å². The Balaban J connectivity index is 3.03. The molecule has 2 N–H and O–H groups in total. The molecule has 0 aliphatic rings. The first-order valence-electron chi connectivity index (χ1n) is 4.44. The van der Waals surface area contributed by atoms with Gasteiger partial charge in [-0.2, -0.15) is 0 Å². The van der Waals surface area contributed by atoms with Crippen LogP contribution in [0.4, 0.5) is 0 Å². The van der Waals surface area contributed by atoms with Gasteiger partial charge in [-0.1, -0.05) is 6.07 Å². The van der Waals surface area contributed by atoms with Gasteiger partial charge < -0.3 is 10.6 Å². The first-order valence-corrected chi connectivity index (χ1v) is 4.44. The minimum atomic E-state index is -0.0864. The molecule has 76 valence electrons. The molecule has 0 saturated carbocycles. The van der Waals surface area contributed by atoms with E-state index < -0.39 is 0 Å². The number of nitrogens with two attached hydrogens (primary N) is 1. The van der Waals surface area contributed by atoms with E-state index in [1.807, 2.05) is 13.0 Å². The molecule has 0 radical (unpaired) electrons. The minimum absolute atomic E-state index is 0.0864. The quantitative estimate of drug-likeness (QED) is 0.746. The molecule has 0 unspecified atom stereocenters. The smallest absolute Gasteiger partial charge is 0.271 e. The summed E-state index contributed by atoms with van der Waals surface area (Å²) in [6, 6.07) is 3.55. The van der Waals surface area contributed by atoms with Crippen molar-refractivity contribution in [3.63, 3.8) is 0 Å². The van der Waals surface area contributed by atoms with Crippen molar-refractivity contribution in [1.82, 2.24) is 9.88 Å². The van der Waals surface area contributed by atoms with Crippen LogP contribution in [0.1, 0.15) is 21.7 Å². The summed E-state index contributed by atoms with van der Waals surface area (Å²) < 4.78 is 0. The topological polar surface area (TPSA) is 59.2 Å². The highest BCUT2D eigenvalue weighted by atomic mass is 16.2. The third kappa shape index (κ3) is 2.09. The molecule has 1 aromatic rings. The zero-order valence-corrected chi connectivity index (χ0v) is 8.74. The van der Waals surface area contributed by atoms with Crippen molar-refractivity contribution in [1.29, 1.82) is 0 Å². The van der Waals surface area contributed by atoms with Gasteiger partial charge in [0.15, 0.2) is 0 Å².